The molecule has 24 heavy (non-hydrogen) atoms. The number of anilines is 1. The number of ether oxygens (including phenoxy) is 2. The van der Waals surface area contributed by atoms with Crippen molar-refractivity contribution in [2.24, 2.45) is 0 Å². The summed E-state index contributed by atoms with van der Waals surface area (Å²) in [6.45, 7) is 1.57. The summed E-state index contributed by atoms with van der Waals surface area (Å²) in [6.07, 6.45) is -0.798. The number of nitrogens with one attached hydrogen (secondary N) is 1. The molecule has 0 spiro atoms. The van der Waals surface area contributed by atoms with E-state index >= 15 is 0 Å². The third-order valence-electron chi connectivity index (χ3n) is 3.15. The highest BCUT2D eigenvalue weighted by molar-refractivity contribution is 6.32. The van der Waals surface area contributed by atoms with E-state index in [-0.39, 0.29) is 16.4 Å². The van der Waals surface area contributed by atoms with Crippen LogP contribution in [-0.2, 0) is 4.79 Å². The fourth-order valence-electron chi connectivity index (χ4n) is 1.89. The van der Waals surface area contributed by atoms with Gasteiger partial charge in [0.25, 0.3) is 11.6 Å². The number of methoxy groups -OCH3 is 1. The average molecular weight is 351 g/mol. The topological polar surface area (TPSA) is 90.7 Å². The standard InChI is InChI=1S/C16H15ClN2O5/c1-10(24-13-6-4-12(23-2)5-7-13)16(20)18-11-3-8-14(17)15(9-11)19(21)22/h3-10H,1-2H3,(H,18,20). The van der Waals surface area contributed by atoms with Crippen molar-refractivity contribution in [3.8, 4) is 11.5 Å². The van der Waals surface area contributed by atoms with Crippen LogP contribution in [0.1, 0.15) is 6.92 Å². The number of hydrogen-bond acceptors (Lipinski definition) is 5. The minimum Gasteiger partial charge on any atom is -0.497 e. The smallest absolute Gasteiger partial charge is 0.289 e. The van der Waals surface area contributed by atoms with Gasteiger partial charge in [-0.05, 0) is 43.3 Å². The van der Waals surface area contributed by atoms with Crippen LogP contribution < -0.4 is 14.8 Å². The Balaban J connectivity index is 2.03. The third kappa shape index (κ3) is 4.36. The zero-order valence-electron chi connectivity index (χ0n) is 13.0. The number of benzene rings is 2. The third-order valence-corrected chi connectivity index (χ3v) is 3.47. The molecule has 0 bridgehead atoms. The van der Waals surface area contributed by atoms with E-state index in [4.69, 9.17) is 21.1 Å². The Hall–Kier alpha value is -2.80. The predicted octanol–water partition coefficient (Wildman–Crippen LogP) is 3.66. The van der Waals surface area contributed by atoms with E-state index in [2.05, 4.69) is 5.32 Å². The molecule has 0 saturated heterocycles. The SMILES string of the molecule is COc1ccc(OC(C)C(=O)Nc2ccc(Cl)c([N+](=O)[O-])c2)cc1. The number of nitro groups is 1. The van der Waals surface area contributed by atoms with Crippen molar-refractivity contribution in [3.63, 3.8) is 0 Å². The molecular weight excluding hydrogens is 336 g/mol. The van der Waals surface area contributed by atoms with Gasteiger partial charge < -0.3 is 14.8 Å². The maximum atomic E-state index is 12.1. The normalized spacial score (nSPS) is 11.5. The molecule has 1 amide bonds. The van der Waals surface area contributed by atoms with E-state index < -0.39 is 16.9 Å². The van der Waals surface area contributed by atoms with E-state index in [1.807, 2.05) is 0 Å². The van der Waals surface area contributed by atoms with Gasteiger partial charge in [-0.1, -0.05) is 11.6 Å². The molecule has 2 aromatic carbocycles. The monoisotopic (exact) mass is 350 g/mol. The first kappa shape index (κ1) is 17.6. The molecule has 0 radical (unpaired) electrons. The van der Waals surface area contributed by atoms with Crippen LogP contribution in [0.15, 0.2) is 42.5 Å². The molecule has 0 heterocycles. The molecule has 2 rings (SSSR count). The number of nitrogens with zero attached hydrogens (tertiary/aromatic N) is 1. The zero-order chi connectivity index (χ0) is 17.7. The maximum absolute atomic E-state index is 12.1. The lowest BCUT2D eigenvalue weighted by atomic mass is 10.2. The summed E-state index contributed by atoms with van der Waals surface area (Å²) >= 11 is 5.73. The summed E-state index contributed by atoms with van der Waals surface area (Å²) in [5, 5.41) is 13.4. The molecule has 1 atom stereocenters. The van der Waals surface area contributed by atoms with E-state index in [0.29, 0.717) is 11.5 Å². The summed E-state index contributed by atoms with van der Waals surface area (Å²) in [7, 11) is 1.55. The highest BCUT2D eigenvalue weighted by atomic mass is 35.5. The van der Waals surface area contributed by atoms with Crippen LogP contribution in [-0.4, -0.2) is 24.0 Å². The van der Waals surface area contributed by atoms with Gasteiger partial charge in [0.15, 0.2) is 6.10 Å². The van der Waals surface area contributed by atoms with Gasteiger partial charge in [-0.25, -0.2) is 0 Å². The van der Waals surface area contributed by atoms with Gasteiger partial charge >= 0.3 is 0 Å². The molecule has 8 heteroatoms. The summed E-state index contributed by atoms with van der Waals surface area (Å²) < 4.78 is 10.6. The van der Waals surface area contributed by atoms with E-state index in [1.54, 1.807) is 38.3 Å². The summed E-state index contributed by atoms with van der Waals surface area (Å²) in [5.41, 5.74) is -0.0144. The quantitative estimate of drug-likeness (QED) is 0.634. The van der Waals surface area contributed by atoms with Gasteiger partial charge in [-0.15, -0.1) is 0 Å². The largest absolute Gasteiger partial charge is 0.497 e. The van der Waals surface area contributed by atoms with Crippen LogP contribution >= 0.6 is 11.6 Å². The van der Waals surface area contributed by atoms with Crippen molar-refractivity contribution in [2.75, 3.05) is 12.4 Å². The first-order chi connectivity index (χ1) is 11.4. The minimum absolute atomic E-state index is 0.000491. The number of carbonyl (C=O) groups excluding carboxylic acids is 1. The highest BCUT2D eigenvalue weighted by Gasteiger charge is 2.18. The summed E-state index contributed by atoms with van der Waals surface area (Å²) in [4.78, 5) is 22.4. The lowest BCUT2D eigenvalue weighted by Crippen LogP contribution is -2.30. The van der Waals surface area contributed by atoms with E-state index in [9.17, 15) is 14.9 Å². The first-order valence-corrected chi connectivity index (χ1v) is 7.34. The Morgan fingerprint density at radius 2 is 1.83 bits per heavy atom. The molecule has 0 aliphatic rings. The van der Waals surface area contributed by atoms with Crippen molar-refractivity contribution in [1.82, 2.24) is 0 Å². The van der Waals surface area contributed by atoms with Crippen LogP contribution in [0.25, 0.3) is 0 Å². The molecule has 0 aromatic heterocycles. The Labute approximate surface area is 143 Å². The lowest BCUT2D eigenvalue weighted by molar-refractivity contribution is -0.384. The maximum Gasteiger partial charge on any atom is 0.289 e. The molecule has 0 fully saturated rings. The minimum atomic E-state index is -0.798. The number of nitro benzene ring substituents is 1. The lowest BCUT2D eigenvalue weighted by Gasteiger charge is -2.15. The number of amides is 1. The fraction of sp³-hybridized carbons (Fsp3) is 0.188. The van der Waals surface area contributed by atoms with Gasteiger partial charge in [-0.2, -0.15) is 0 Å². The van der Waals surface area contributed by atoms with Crippen LogP contribution in [0.3, 0.4) is 0 Å². The van der Waals surface area contributed by atoms with Crippen LogP contribution in [0.4, 0.5) is 11.4 Å². The second-order valence-electron chi connectivity index (χ2n) is 4.85. The molecule has 0 aliphatic carbocycles. The number of hydrogen-bond donors (Lipinski definition) is 1. The Morgan fingerprint density at radius 3 is 2.42 bits per heavy atom. The fourth-order valence-corrected chi connectivity index (χ4v) is 2.07. The molecule has 0 saturated carbocycles. The van der Waals surface area contributed by atoms with E-state index in [0.717, 1.165) is 0 Å². The van der Waals surface area contributed by atoms with Crippen molar-refractivity contribution < 1.29 is 19.2 Å². The zero-order valence-corrected chi connectivity index (χ0v) is 13.7. The molecule has 126 valence electrons. The van der Waals surface area contributed by atoms with Crippen molar-refractivity contribution in [1.29, 1.82) is 0 Å². The van der Waals surface area contributed by atoms with Gasteiger partial charge in [0, 0.05) is 11.8 Å². The average Bonchev–Trinajstić information content (AvgIpc) is 2.57. The Morgan fingerprint density at radius 1 is 1.21 bits per heavy atom. The first-order valence-electron chi connectivity index (χ1n) is 6.96. The molecule has 1 unspecified atom stereocenters. The van der Waals surface area contributed by atoms with Crippen molar-refractivity contribution >= 4 is 28.9 Å². The van der Waals surface area contributed by atoms with Crippen LogP contribution in [0, 0.1) is 10.1 Å². The van der Waals surface area contributed by atoms with Gasteiger partial charge in [0.1, 0.15) is 16.5 Å². The molecule has 2 aromatic rings. The highest BCUT2D eigenvalue weighted by Crippen LogP contribution is 2.27. The van der Waals surface area contributed by atoms with Crippen molar-refractivity contribution in [2.45, 2.75) is 13.0 Å². The van der Waals surface area contributed by atoms with Gasteiger partial charge in [-0.3, -0.25) is 14.9 Å². The van der Waals surface area contributed by atoms with Crippen LogP contribution in [0.2, 0.25) is 5.02 Å². The Bertz CT molecular complexity index is 749. The summed E-state index contributed by atoms with van der Waals surface area (Å²) in [6, 6.07) is 10.8. The predicted molar refractivity (Wildman–Crippen MR) is 89.8 cm³/mol. The molecular formula is C16H15ClN2O5. The molecule has 1 N–H and O–H groups in total. The summed E-state index contributed by atoms with van der Waals surface area (Å²) in [5.74, 6) is 0.732. The second kappa shape index (κ2) is 7.65. The van der Waals surface area contributed by atoms with Crippen LogP contribution in [0.5, 0.6) is 11.5 Å². The van der Waals surface area contributed by atoms with Gasteiger partial charge in [0.2, 0.25) is 0 Å². The second-order valence-corrected chi connectivity index (χ2v) is 5.26. The van der Waals surface area contributed by atoms with Gasteiger partial charge in [0.05, 0.1) is 12.0 Å². The van der Waals surface area contributed by atoms with Crippen molar-refractivity contribution in [3.05, 3.63) is 57.6 Å². The number of carbonyl (C=O) groups is 1. The number of rotatable bonds is 6. The molecule has 7 nitrogen and oxygen atoms in total. The Kier molecular flexibility index (Phi) is 5.59. The van der Waals surface area contributed by atoms with E-state index in [1.165, 1.54) is 18.2 Å². The number of halogens is 1. The molecule has 0 aliphatic heterocycles.